The van der Waals surface area contributed by atoms with E-state index in [2.05, 4.69) is 10.2 Å². The molecule has 6 heteroatoms. The molecule has 0 fully saturated rings. The number of aromatic nitrogens is 4. The SMILES string of the molecule is CN(Cc1cccc(-n2cccn2)c1)C(=O)c1cnn(Cc2ccccc2)c1. The van der Waals surface area contributed by atoms with Crippen molar-refractivity contribution in [2.24, 2.45) is 0 Å². The van der Waals surface area contributed by atoms with E-state index in [1.807, 2.05) is 66.9 Å². The van der Waals surface area contributed by atoms with E-state index in [9.17, 15) is 4.79 Å². The summed E-state index contributed by atoms with van der Waals surface area (Å²) in [4.78, 5) is 14.5. The Morgan fingerprint density at radius 1 is 1.00 bits per heavy atom. The molecule has 0 aliphatic rings. The first-order valence-corrected chi connectivity index (χ1v) is 9.10. The van der Waals surface area contributed by atoms with Crippen LogP contribution in [0.2, 0.25) is 0 Å². The standard InChI is InChI=1S/C22H21N5O/c1-25(15-19-9-5-10-21(13-19)27-12-6-11-23-27)22(28)20-14-24-26(17-20)16-18-7-3-2-4-8-18/h2-14,17H,15-16H2,1H3. The van der Waals surface area contributed by atoms with Crippen LogP contribution in [0.25, 0.3) is 5.69 Å². The molecule has 2 aromatic carbocycles. The molecule has 6 nitrogen and oxygen atoms in total. The highest BCUT2D eigenvalue weighted by atomic mass is 16.2. The van der Waals surface area contributed by atoms with Crippen LogP contribution in [0.15, 0.2) is 85.5 Å². The molecule has 4 rings (SSSR count). The quantitative estimate of drug-likeness (QED) is 0.522. The van der Waals surface area contributed by atoms with Crippen molar-refractivity contribution in [3.8, 4) is 5.69 Å². The summed E-state index contributed by atoms with van der Waals surface area (Å²) < 4.78 is 3.59. The lowest BCUT2D eigenvalue weighted by atomic mass is 10.2. The van der Waals surface area contributed by atoms with Gasteiger partial charge in [-0.3, -0.25) is 9.48 Å². The predicted molar refractivity (Wildman–Crippen MR) is 107 cm³/mol. The fraction of sp³-hybridized carbons (Fsp3) is 0.136. The van der Waals surface area contributed by atoms with Gasteiger partial charge in [-0.25, -0.2) is 4.68 Å². The largest absolute Gasteiger partial charge is 0.337 e. The average Bonchev–Trinajstić information content (AvgIpc) is 3.41. The molecule has 2 aromatic heterocycles. The Kier molecular flexibility index (Phi) is 5.01. The molecule has 0 unspecified atom stereocenters. The maximum Gasteiger partial charge on any atom is 0.257 e. The van der Waals surface area contributed by atoms with Crippen LogP contribution in [0.4, 0.5) is 0 Å². The van der Waals surface area contributed by atoms with Crippen LogP contribution in [0.5, 0.6) is 0 Å². The van der Waals surface area contributed by atoms with E-state index in [0.29, 0.717) is 18.7 Å². The summed E-state index contributed by atoms with van der Waals surface area (Å²) in [5.74, 6) is -0.0520. The number of benzene rings is 2. The van der Waals surface area contributed by atoms with E-state index in [1.54, 1.807) is 39.9 Å². The molecular formula is C22H21N5O. The molecule has 0 saturated heterocycles. The smallest absolute Gasteiger partial charge is 0.257 e. The number of amides is 1. The average molecular weight is 371 g/mol. The Bertz CT molecular complexity index is 1050. The minimum atomic E-state index is -0.0520. The number of nitrogens with zero attached hydrogens (tertiary/aromatic N) is 5. The lowest BCUT2D eigenvalue weighted by Crippen LogP contribution is -2.26. The highest BCUT2D eigenvalue weighted by Crippen LogP contribution is 2.13. The maximum absolute atomic E-state index is 12.8. The molecule has 0 bridgehead atoms. The molecule has 0 atom stereocenters. The highest BCUT2D eigenvalue weighted by molar-refractivity contribution is 5.93. The van der Waals surface area contributed by atoms with Gasteiger partial charge in [-0.1, -0.05) is 42.5 Å². The predicted octanol–water partition coefficient (Wildman–Crippen LogP) is 3.39. The molecular weight excluding hydrogens is 350 g/mol. The minimum Gasteiger partial charge on any atom is -0.337 e. The molecule has 1 amide bonds. The normalized spacial score (nSPS) is 10.8. The van der Waals surface area contributed by atoms with Gasteiger partial charge in [-0.05, 0) is 29.3 Å². The zero-order valence-electron chi connectivity index (χ0n) is 15.6. The highest BCUT2D eigenvalue weighted by Gasteiger charge is 2.14. The van der Waals surface area contributed by atoms with Gasteiger partial charge in [0.05, 0.1) is 24.0 Å². The second-order valence-electron chi connectivity index (χ2n) is 6.69. The van der Waals surface area contributed by atoms with Crippen LogP contribution >= 0.6 is 0 Å². The Labute approximate surface area is 163 Å². The minimum absolute atomic E-state index is 0.0520. The molecule has 0 N–H and O–H groups in total. The van der Waals surface area contributed by atoms with Crippen LogP contribution in [-0.4, -0.2) is 37.4 Å². The topological polar surface area (TPSA) is 56.0 Å². The molecule has 0 spiro atoms. The van der Waals surface area contributed by atoms with Gasteiger partial charge in [0.25, 0.3) is 5.91 Å². The summed E-state index contributed by atoms with van der Waals surface area (Å²) in [6.45, 7) is 1.15. The van der Waals surface area contributed by atoms with Gasteiger partial charge in [-0.15, -0.1) is 0 Å². The lowest BCUT2D eigenvalue weighted by molar-refractivity contribution is 0.0785. The number of hydrogen-bond acceptors (Lipinski definition) is 3. The van der Waals surface area contributed by atoms with Gasteiger partial charge < -0.3 is 4.90 Å². The third-order valence-electron chi connectivity index (χ3n) is 4.51. The van der Waals surface area contributed by atoms with Crippen LogP contribution in [0.1, 0.15) is 21.5 Å². The van der Waals surface area contributed by atoms with Gasteiger partial charge in [0.15, 0.2) is 0 Å². The third kappa shape index (κ3) is 4.01. The van der Waals surface area contributed by atoms with Crippen molar-refractivity contribution in [3.05, 3.63) is 102 Å². The summed E-state index contributed by atoms with van der Waals surface area (Å²) in [5.41, 5.74) is 3.75. The first kappa shape index (κ1) is 17.7. The van der Waals surface area contributed by atoms with E-state index < -0.39 is 0 Å². The van der Waals surface area contributed by atoms with Crippen molar-refractivity contribution >= 4 is 5.91 Å². The van der Waals surface area contributed by atoms with Crippen molar-refractivity contribution in [2.45, 2.75) is 13.1 Å². The van der Waals surface area contributed by atoms with Gasteiger partial charge in [-0.2, -0.15) is 10.2 Å². The lowest BCUT2D eigenvalue weighted by Gasteiger charge is -2.17. The molecule has 0 radical (unpaired) electrons. The van der Waals surface area contributed by atoms with Gasteiger partial charge in [0, 0.05) is 32.2 Å². The summed E-state index contributed by atoms with van der Waals surface area (Å²) >= 11 is 0. The molecule has 0 aliphatic heterocycles. The summed E-state index contributed by atoms with van der Waals surface area (Å²) in [6, 6.07) is 20.0. The Morgan fingerprint density at radius 2 is 1.82 bits per heavy atom. The molecule has 28 heavy (non-hydrogen) atoms. The maximum atomic E-state index is 12.8. The summed E-state index contributed by atoms with van der Waals surface area (Å²) in [5, 5.41) is 8.58. The molecule has 140 valence electrons. The zero-order chi connectivity index (χ0) is 19.3. The second-order valence-corrected chi connectivity index (χ2v) is 6.69. The first-order valence-electron chi connectivity index (χ1n) is 9.10. The van der Waals surface area contributed by atoms with Crippen LogP contribution in [0, 0.1) is 0 Å². The van der Waals surface area contributed by atoms with E-state index in [-0.39, 0.29) is 5.91 Å². The van der Waals surface area contributed by atoms with E-state index in [1.165, 1.54) is 0 Å². The molecule has 0 saturated carbocycles. The van der Waals surface area contributed by atoms with Crippen LogP contribution < -0.4 is 0 Å². The zero-order valence-corrected chi connectivity index (χ0v) is 15.6. The number of hydrogen-bond donors (Lipinski definition) is 0. The van der Waals surface area contributed by atoms with E-state index in [0.717, 1.165) is 16.8 Å². The van der Waals surface area contributed by atoms with Crippen molar-refractivity contribution < 1.29 is 4.79 Å². The van der Waals surface area contributed by atoms with Crippen LogP contribution in [0.3, 0.4) is 0 Å². The van der Waals surface area contributed by atoms with E-state index >= 15 is 0 Å². The van der Waals surface area contributed by atoms with Crippen LogP contribution in [-0.2, 0) is 13.1 Å². The van der Waals surface area contributed by atoms with Gasteiger partial charge >= 0.3 is 0 Å². The summed E-state index contributed by atoms with van der Waals surface area (Å²) in [6.07, 6.45) is 7.07. The molecule has 0 aliphatic carbocycles. The van der Waals surface area contributed by atoms with Crippen molar-refractivity contribution in [2.75, 3.05) is 7.05 Å². The Morgan fingerprint density at radius 3 is 2.61 bits per heavy atom. The molecule has 2 heterocycles. The van der Waals surface area contributed by atoms with Gasteiger partial charge in [0.2, 0.25) is 0 Å². The Balaban J connectivity index is 1.43. The van der Waals surface area contributed by atoms with Crippen molar-refractivity contribution in [1.29, 1.82) is 0 Å². The first-order chi connectivity index (χ1) is 13.7. The van der Waals surface area contributed by atoms with E-state index in [4.69, 9.17) is 0 Å². The number of rotatable bonds is 6. The Hall–Kier alpha value is -3.67. The molecule has 4 aromatic rings. The summed E-state index contributed by atoms with van der Waals surface area (Å²) in [7, 11) is 1.80. The fourth-order valence-electron chi connectivity index (χ4n) is 3.12. The monoisotopic (exact) mass is 371 g/mol. The number of carbonyl (C=O) groups excluding carboxylic acids is 1. The fourth-order valence-corrected chi connectivity index (χ4v) is 3.12. The third-order valence-corrected chi connectivity index (χ3v) is 4.51. The van der Waals surface area contributed by atoms with Gasteiger partial charge in [0.1, 0.15) is 0 Å². The second kappa shape index (κ2) is 7.92. The van der Waals surface area contributed by atoms with Crippen molar-refractivity contribution in [3.63, 3.8) is 0 Å². The number of carbonyl (C=O) groups is 1. The van der Waals surface area contributed by atoms with Crippen molar-refractivity contribution in [1.82, 2.24) is 24.5 Å².